The van der Waals surface area contributed by atoms with Crippen molar-refractivity contribution in [3.05, 3.63) is 84.9 Å². The number of nitrogens with two attached hydrogens (primary N) is 1. The summed E-state index contributed by atoms with van der Waals surface area (Å²) in [5.41, 5.74) is 4.64. The highest BCUT2D eigenvalue weighted by atomic mass is 16.5. The lowest BCUT2D eigenvalue weighted by Crippen LogP contribution is -2.44. The zero-order valence-electron chi connectivity index (χ0n) is 19.6. The second-order valence-electron chi connectivity index (χ2n) is 8.22. The average molecular weight is 482 g/mol. The molecule has 0 fully saturated rings. The van der Waals surface area contributed by atoms with Crippen LogP contribution < -0.4 is 27.4 Å². The summed E-state index contributed by atoms with van der Waals surface area (Å²) in [6.07, 6.45) is 0. The maximum absolute atomic E-state index is 13.1. The molecule has 0 bridgehead atoms. The fraction of sp³-hybridized carbons (Fsp3) is 0.304. The van der Waals surface area contributed by atoms with Gasteiger partial charge in [0.25, 0.3) is 17.0 Å². The van der Waals surface area contributed by atoms with Gasteiger partial charge in [-0.15, -0.1) is 0 Å². The van der Waals surface area contributed by atoms with Gasteiger partial charge in [-0.3, -0.25) is 23.9 Å². The molecule has 0 aliphatic carbocycles. The number of nitrogens with one attached hydrogen (secondary N) is 1. The normalized spacial score (nSPS) is 10.9. The van der Waals surface area contributed by atoms with Gasteiger partial charge in [0, 0.05) is 19.7 Å². The van der Waals surface area contributed by atoms with Crippen molar-refractivity contribution < 1.29 is 14.3 Å². The van der Waals surface area contributed by atoms with Gasteiger partial charge in [0.15, 0.2) is 18.0 Å². The maximum atomic E-state index is 13.1. The van der Waals surface area contributed by atoms with E-state index in [1.807, 2.05) is 19.9 Å². The Hall–Kier alpha value is -4.48. The van der Waals surface area contributed by atoms with Gasteiger partial charge in [0.05, 0.1) is 6.54 Å². The van der Waals surface area contributed by atoms with Crippen molar-refractivity contribution in [2.24, 2.45) is 13.0 Å². The quantitative estimate of drug-likeness (QED) is 0.427. The molecule has 12 heteroatoms. The van der Waals surface area contributed by atoms with E-state index in [2.05, 4.69) is 10.1 Å². The summed E-state index contributed by atoms with van der Waals surface area (Å²) in [5.74, 6) is -1.93. The van der Waals surface area contributed by atoms with Gasteiger partial charge in [-0.2, -0.15) is 5.10 Å². The van der Waals surface area contributed by atoms with Crippen molar-refractivity contribution in [1.82, 2.24) is 19.3 Å². The molecule has 0 aliphatic heterocycles. The Kier molecular flexibility index (Phi) is 7.64. The van der Waals surface area contributed by atoms with Crippen molar-refractivity contribution in [2.45, 2.75) is 20.4 Å². The molecule has 1 aromatic carbocycles. The molecular formula is C23H26N6O6. The Morgan fingerprint density at radius 1 is 1.11 bits per heavy atom. The number of aromatic nitrogens is 4. The van der Waals surface area contributed by atoms with Crippen LogP contribution in [0.1, 0.15) is 29.9 Å². The van der Waals surface area contributed by atoms with Crippen LogP contribution in [-0.4, -0.2) is 44.4 Å². The van der Waals surface area contributed by atoms with E-state index in [1.54, 1.807) is 24.3 Å². The van der Waals surface area contributed by atoms with Gasteiger partial charge in [0.2, 0.25) is 0 Å². The summed E-state index contributed by atoms with van der Waals surface area (Å²) < 4.78 is 7.19. The Labute approximate surface area is 199 Å². The van der Waals surface area contributed by atoms with E-state index in [9.17, 15) is 24.0 Å². The number of nitrogens with zero attached hydrogens (tertiary/aromatic N) is 4. The van der Waals surface area contributed by atoms with Gasteiger partial charge in [0.1, 0.15) is 5.82 Å². The first-order valence-corrected chi connectivity index (χ1v) is 10.8. The van der Waals surface area contributed by atoms with Crippen molar-refractivity contribution in [1.29, 1.82) is 0 Å². The summed E-state index contributed by atoms with van der Waals surface area (Å²) in [4.78, 5) is 65.4. The highest BCUT2D eigenvalue weighted by molar-refractivity contribution is 5.98. The number of anilines is 2. The molecule has 12 nitrogen and oxygen atoms in total. The van der Waals surface area contributed by atoms with Crippen molar-refractivity contribution >= 4 is 23.4 Å². The van der Waals surface area contributed by atoms with Crippen molar-refractivity contribution in [3.8, 4) is 0 Å². The number of nitrogen functional groups attached to an aromatic ring is 1. The van der Waals surface area contributed by atoms with Crippen LogP contribution in [0.3, 0.4) is 0 Å². The van der Waals surface area contributed by atoms with Crippen LogP contribution in [0.25, 0.3) is 0 Å². The Morgan fingerprint density at radius 2 is 1.80 bits per heavy atom. The smallest absolute Gasteiger partial charge is 0.359 e. The molecule has 3 rings (SSSR count). The third-order valence-electron chi connectivity index (χ3n) is 5.01. The van der Waals surface area contributed by atoms with Crippen molar-refractivity contribution in [2.75, 3.05) is 23.8 Å². The first-order chi connectivity index (χ1) is 16.6. The summed E-state index contributed by atoms with van der Waals surface area (Å²) in [5, 5.41) is 3.78. The number of H-pyrrole nitrogens is 1. The number of benzene rings is 1. The predicted molar refractivity (Wildman–Crippen MR) is 128 cm³/mol. The molecule has 2 heterocycles. The highest BCUT2D eigenvalue weighted by Gasteiger charge is 2.26. The van der Waals surface area contributed by atoms with Gasteiger partial charge in [-0.1, -0.05) is 44.2 Å². The molecule has 0 spiro atoms. The number of carbonyl (C=O) groups excluding carboxylic acids is 2. The van der Waals surface area contributed by atoms with Crippen LogP contribution in [-0.2, 0) is 23.1 Å². The Morgan fingerprint density at radius 3 is 2.43 bits per heavy atom. The molecule has 184 valence electrons. The molecule has 3 aromatic rings. The molecule has 0 aliphatic rings. The number of aryl methyl sites for hydroxylation is 1. The lowest BCUT2D eigenvalue weighted by atomic mass is 10.2. The number of esters is 1. The highest BCUT2D eigenvalue weighted by Crippen LogP contribution is 2.19. The van der Waals surface area contributed by atoms with Crippen LogP contribution in [0.5, 0.6) is 0 Å². The molecule has 2 aromatic heterocycles. The number of aromatic amines is 1. The first-order valence-electron chi connectivity index (χ1n) is 10.8. The molecule has 0 radical (unpaired) electrons. The van der Waals surface area contributed by atoms with Crippen LogP contribution >= 0.6 is 0 Å². The predicted octanol–water partition coefficient (Wildman–Crippen LogP) is 0.107. The number of amides is 1. The molecule has 0 unspecified atom stereocenters. The molecule has 3 N–H and O–H groups in total. The second-order valence-corrected chi connectivity index (χ2v) is 8.22. The summed E-state index contributed by atoms with van der Waals surface area (Å²) >= 11 is 0. The summed E-state index contributed by atoms with van der Waals surface area (Å²) in [7, 11) is 1.37. The van der Waals surface area contributed by atoms with E-state index in [4.69, 9.17) is 10.5 Å². The number of hydrogen-bond acceptors (Lipinski definition) is 8. The molecular weight excluding hydrogens is 456 g/mol. The molecule has 35 heavy (non-hydrogen) atoms. The first kappa shape index (κ1) is 25.1. The van der Waals surface area contributed by atoms with E-state index < -0.39 is 35.3 Å². The minimum absolute atomic E-state index is 0.0747. The van der Waals surface area contributed by atoms with Crippen molar-refractivity contribution in [3.63, 3.8) is 0 Å². The molecule has 0 atom stereocenters. The van der Waals surface area contributed by atoms with Crippen LogP contribution in [0.2, 0.25) is 0 Å². The minimum atomic E-state index is -0.922. The number of carbonyl (C=O) groups is 2. The fourth-order valence-electron chi connectivity index (χ4n) is 3.33. The average Bonchev–Trinajstić information content (AvgIpc) is 2.81. The maximum Gasteiger partial charge on any atom is 0.359 e. The van der Waals surface area contributed by atoms with Crippen LogP contribution in [0.4, 0.5) is 11.5 Å². The molecule has 0 saturated carbocycles. The number of hydrogen-bond donors (Lipinski definition) is 2. The topological polar surface area (TPSA) is 162 Å². The molecule has 0 saturated heterocycles. The van der Waals surface area contributed by atoms with Gasteiger partial charge in [-0.05, 0) is 17.5 Å². The third-order valence-corrected chi connectivity index (χ3v) is 5.01. The van der Waals surface area contributed by atoms with E-state index >= 15 is 0 Å². The zero-order chi connectivity index (χ0) is 25.7. The lowest BCUT2D eigenvalue weighted by molar-refractivity contribution is -0.121. The van der Waals surface area contributed by atoms with E-state index in [-0.39, 0.29) is 36.2 Å². The minimum Gasteiger partial charge on any atom is -0.451 e. The van der Waals surface area contributed by atoms with Gasteiger partial charge in [-0.25, -0.2) is 14.3 Å². The largest absolute Gasteiger partial charge is 0.451 e. The Bertz CT molecular complexity index is 1410. The molecule has 1 amide bonds. The van der Waals surface area contributed by atoms with Gasteiger partial charge >= 0.3 is 11.7 Å². The standard InChI is InChI=1S/C23H26N6O6/c1-14(2)11-28(18(31)13-35-22(33)16-9-10-17(30)27(3)26-16)19-20(24)29(23(34)25-21(19)32)12-15-7-5-4-6-8-15/h4-10,14H,11-13,24H2,1-3H3,(H,25,32,34). The van der Waals surface area contributed by atoms with E-state index in [0.29, 0.717) is 0 Å². The second kappa shape index (κ2) is 10.6. The number of ether oxygens (including phenoxy) is 1. The fourth-order valence-corrected chi connectivity index (χ4v) is 3.33. The lowest BCUT2D eigenvalue weighted by Gasteiger charge is -2.26. The Balaban J connectivity index is 1.91. The SMILES string of the molecule is CC(C)CN(C(=O)COC(=O)c1ccc(=O)n(C)n1)c1c(N)n(Cc2ccccc2)c(=O)[nH]c1=O. The third kappa shape index (κ3) is 5.91. The van der Waals surface area contributed by atoms with E-state index in [0.717, 1.165) is 25.8 Å². The van der Waals surface area contributed by atoms with Crippen LogP contribution in [0, 0.1) is 5.92 Å². The van der Waals surface area contributed by atoms with E-state index in [1.165, 1.54) is 13.1 Å². The summed E-state index contributed by atoms with van der Waals surface area (Å²) in [6, 6.07) is 11.3. The zero-order valence-corrected chi connectivity index (χ0v) is 19.6. The van der Waals surface area contributed by atoms with Crippen LogP contribution in [0.15, 0.2) is 56.8 Å². The number of rotatable bonds is 8. The monoisotopic (exact) mass is 482 g/mol. The summed E-state index contributed by atoms with van der Waals surface area (Å²) in [6.45, 7) is 3.08. The van der Waals surface area contributed by atoms with Gasteiger partial charge < -0.3 is 15.4 Å².